The third-order valence-electron chi connectivity index (χ3n) is 2.40. The van der Waals surface area contributed by atoms with E-state index in [0.717, 1.165) is 6.42 Å². The summed E-state index contributed by atoms with van der Waals surface area (Å²) < 4.78 is 0. The first kappa shape index (κ1) is 9.07. The highest BCUT2D eigenvalue weighted by Crippen LogP contribution is 2.19. The minimum Gasteiger partial charge on any atom is -0.359 e. The van der Waals surface area contributed by atoms with Gasteiger partial charge in [0, 0.05) is 11.4 Å². The topological polar surface area (TPSA) is 15.8 Å². The average Bonchev–Trinajstić information content (AvgIpc) is 2.72. The van der Waals surface area contributed by atoms with Crippen LogP contribution in [-0.4, -0.2) is 4.98 Å². The van der Waals surface area contributed by atoms with E-state index < -0.39 is 0 Å². The number of aromatic amines is 1. The molecule has 1 aromatic heterocycles. The van der Waals surface area contributed by atoms with Gasteiger partial charge in [-0.1, -0.05) is 23.8 Å². The lowest BCUT2D eigenvalue weighted by molar-refractivity contribution is 1.19. The fraction of sp³-hybridized carbons (Fsp3) is 0.231. The van der Waals surface area contributed by atoms with Crippen molar-refractivity contribution in [1.29, 1.82) is 0 Å². The fourth-order valence-electron chi connectivity index (χ4n) is 1.62. The lowest BCUT2D eigenvalue weighted by Crippen LogP contribution is -1.75. The highest BCUT2D eigenvalue weighted by Gasteiger charge is 2.00. The van der Waals surface area contributed by atoms with Gasteiger partial charge >= 0.3 is 0 Å². The molecule has 0 radical (unpaired) electrons. The molecule has 1 heterocycles. The minimum atomic E-state index is 1.09. The van der Waals surface area contributed by atoms with Crippen molar-refractivity contribution in [3.63, 3.8) is 0 Å². The summed E-state index contributed by atoms with van der Waals surface area (Å²) in [6, 6.07) is 4.19. The summed E-state index contributed by atoms with van der Waals surface area (Å²) in [5.41, 5.74) is 5.20. The number of hydrogen-bond acceptors (Lipinski definition) is 0. The maximum absolute atomic E-state index is 3.28. The van der Waals surface area contributed by atoms with E-state index in [1.54, 1.807) is 0 Å². The average molecular weight is 185 g/mol. The summed E-state index contributed by atoms with van der Waals surface area (Å²) in [5.74, 6) is 0. The molecule has 0 bridgehead atoms. The molecule has 0 atom stereocenters. The van der Waals surface area contributed by atoms with E-state index in [-0.39, 0.29) is 0 Å². The number of hydrogen-bond donors (Lipinski definition) is 1. The van der Waals surface area contributed by atoms with Gasteiger partial charge in [0.05, 0.1) is 0 Å². The smallest absolute Gasteiger partial charge is 0.0382 e. The van der Waals surface area contributed by atoms with Crippen LogP contribution in [0.2, 0.25) is 0 Å². The van der Waals surface area contributed by atoms with Crippen LogP contribution in [0.3, 0.4) is 0 Å². The van der Waals surface area contributed by atoms with E-state index in [4.69, 9.17) is 0 Å². The van der Waals surface area contributed by atoms with E-state index in [1.807, 2.05) is 0 Å². The lowest BCUT2D eigenvalue weighted by Gasteiger charge is -1.93. The molecule has 2 rings (SSSR count). The standard InChI is InChI=1S/C13H15N/c1-10-3-5-12(9-10)6-8-13-7-4-11(2)14-13/h3-8,14H,9H2,1-2H3/b8-6+. The summed E-state index contributed by atoms with van der Waals surface area (Å²) >= 11 is 0. The molecule has 0 aromatic carbocycles. The Morgan fingerprint density at radius 2 is 2.00 bits per heavy atom. The van der Waals surface area contributed by atoms with Crippen molar-refractivity contribution in [2.75, 3.05) is 0 Å². The fourth-order valence-corrected chi connectivity index (χ4v) is 1.62. The lowest BCUT2D eigenvalue weighted by atomic mass is 10.1. The predicted molar refractivity (Wildman–Crippen MR) is 61.0 cm³/mol. The third kappa shape index (κ3) is 2.05. The summed E-state index contributed by atoms with van der Waals surface area (Å²) in [6.07, 6.45) is 9.76. The highest BCUT2D eigenvalue weighted by molar-refractivity contribution is 5.52. The van der Waals surface area contributed by atoms with Crippen molar-refractivity contribution in [1.82, 2.24) is 4.98 Å². The second-order valence-corrected chi connectivity index (χ2v) is 3.86. The Morgan fingerprint density at radius 3 is 2.57 bits per heavy atom. The van der Waals surface area contributed by atoms with Gasteiger partial charge in [-0.05, 0) is 44.1 Å². The Hall–Kier alpha value is -1.50. The third-order valence-corrected chi connectivity index (χ3v) is 2.40. The molecule has 0 aliphatic heterocycles. The van der Waals surface area contributed by atoms with Crippen LogP contribution >= 0.6 is 0 Å². The Bertz CT molecular complexity index is 416. The molecule has 0 fully saturated rings. The quantitative estimate of drug-likeness (QED) is 0.724. The van der Waals surface area contributed by atoms with Gasteiger partial charge in [-0.15, -0.1) is 0 Å². The maximum Gasteiger partial charge on any atom is 0.0382 e. The van der Waals surface area contributed by atoms with Crippen molar-refractivity contribution in [3.8, 4) is 0 Å². The Morgan fingerprint density at radius 1 is 1.14 bits per heavy atom. The normalized spacial score (nSPS) is 16.1. The molecule has 1 aliphatic rings. The van der Waals surface area contributed by atoms with E-state index in [2.05, 4.69) is 55.3 Å². The maximum atomic E-state index is 3.28. The van der Waals surface area contributed by atoms with Gasteiger partial charge in [0.1, 0.15) is 0 Å². The molecule has 1 aromatic rings. The molecule has 1 N–H and O–H groups in total. The molecule has 0 saturated carbocycles. The predicted octanol–water partition coefficient (Wildman–Crippen LogP) is 3.61. The van der Waals surface area contributed by atoms with Crippen LogP contribution in [0.15, 0.2) is 41.5 Å². The summed E-state index contributed by atoms with van der Waals surface area (Å²) in [5, 5.41) is 0. The molecule has 1 aliphatic carbocycles. The Kier molecular flexibility index (Phi) is 2.40. The van der Waals surface area contributed by atoms with Crippen molar-refractivity contribution in [3.05, 3.63) is 52.9 Å². The first-order valence-electron chi connectivity index (χ1n) is 4.94. The van der Waals surface area contributed by atoms with Crippen molar-refractivity contribution in [2.24, 2.45) is 0 Å². The van der Waals surface area contributed by atoms with Crippen LogP contribution in [-0.2, 0) is 0 Å². The number of allylic oxidation sites excluding steroid dienone is 5. The Labute approximate surface area is 84.9 Å². The molecule has 1 heteroatoms. The van der Waals surface area contributed by atoms with E-state index >= 15 is 0 Å². The van der Waals surface area contributed by atoms with Crippen molar-refractivity contribution < 1.29 is 0 Å². The molecule has 0 amide bonds. The number of aryl methyl sites for hydroxylation is 1. The van der Waals surface area contributed by atoms with Gasteiger partial charge in [0.25, 0.3) is 0 Å². The molecule has 72 valence electrons. The Balaban J connectivity index is 2.02. The summed E-state index contributed by atoms with van der Waals surface area (Å²) in [6.45, 7) is 4.23. The van der Waals surface area contributed by atoms with Gasteiger partial charge in [0.15, 0.2) is 0 Å². The largest absolute Gasteiger partial charge is 0.359 e. The van der Waals surface area contributed by atoms with Gasteiger partial charge in [-0.25, -0.2) is 0 Å². The van der Waals surface area contributed by atoms with Gasteiger partial charge < -0.3 is 4.98 Å². The number of H-pyrrole nitrogens is 1. The zero-order chi connectivity index (χ0) is 9.97. The molecular weight excluding hydrogens is 170 g/mol. The number of rotatable bonds is 2. The zero-order valence-electron chi connectivity index (χ0n) is 8.67. The minimum absolute atomic E-state index is 1.09. The highest BCUT2D eigenvalue weighted by atomic mass is 14.7. The SMILES string of the molecule is CC1=CC=C(/C=C/c2ccc(C)[nH]2)C1. The van der Waals surface area contributed by atoms with Crippen LogP contribution in [0.1, 0.15) is 24.7 Å². The molecule has 1 nitrogen and oxygen atoms in total. The van der Waals surface area contributed by atoms with Crippen LogP contribution in [0.25, 0.3) is 6.08 Å². The molecule has 14 heavy (non-hydrogen) atoms. The second kappa shape index (κ2) is 3.70. The monoisotopic (exact) mass is 185 g/mol. The van der Waals surface area contributed by atoms with E-state index in [0.29, 0.717) is 0 Å². The summed E-state index contributed by atoms with van der Waals surface area (Å²) in [7, 11) is 0. The van der Waals surface area contributed by atoms with Gasteiger partial charge in [-0.3, -0.25) is 0 Å². The summed E-state index contributed by atoms with van der Waals surface area (Å²) in [4.78, 5) is 3.28. The second-order valence-electron chi connectivity index (χ2n) is 3.86. The van der Waals surface area contributed by atoms with Crippen molar-refractivity contribution >= 4 is 6.08 Å². The van der Waals surface area contributed by atoms with E-state index in [1.165, 1.54) is 22.5 Å². The molecular formula is C13H15N. The van der Waals surface area contributed by atoms with Gasteiger partial charge in [0.2, 0.25) is 0 Å². The van der Waals surface area contributed by atoms with Crippen LogP contribution in [0, 0.1) is 6.92 Å². The van der Waals surface area contributed by atoms with Gasteiger partial charge in [-0.2, -0.15) is 0 Å². The van der Waals surface area contributed by atoms with E-state index in [9.17, 15) is 0 Å². The number of nitrogens with one attached hydrogen (secondary N) is 1. The number of aromatic nitrogens is 1. The molecule has 0 unspecified atom stereocenters. The van der Waals surface area contributed by atoms with Crippen LogP contribution in [0.5, 0.6) is 0 Å². The van der Waals surface area contributed by atoms with Crippen molar-refractivity contribution in [2.45, 2.75) is 20.3 Å². The van der Waals surface area contributed by atoms with Crippen LogP contribution < -0.4 is 0 Å². The van der Waals surface area contributed by atoms with Crippen LogP contribution in [0.4, 0.5) is 0 Å². The zero-order valence-corrected chi connectivity index (χ0v) is 8.67. The first-order chi connectivity index (χ1) is 6.74. The first-order valence-corrected chi connectivity index (χ1v) is 4.94. The molecule has 0 spiro atoms. The molecule has 0 saturated heterocycles.